The highest BCUT2D eigenvalue weighted by atomic mass is 79.9. The molecule has 1 heterocycles. The number of non-ortho nitro benzene ring substituents is 1. The number of halogens is 1. The van der Waals surface area contributed by atoms with Gasteiger partial charge in [0.25, 0.3) is 11.6 Å². The quantitative estimate of drug-likeness (QED) is 0.374. The van der Waals surface area contributed by atoms with Gasteiger partial charge in [0.15, 0.2) is 0 Å². The van der Waals surface area contributed by atoms with Gasteiger partial charge >= 0.3 is 6.03 Å². The molecule has 2 aromatic rings. The molecule has 1 saturated heterocycles. The summed E-state index contributed by atoms with van der Waals surface area (Å²) in [5.41, 5.74) is -0.777. The van der Waals surface area contributed by atoms with E-state index in [9.17, 15) is 24.5 Å². The van der Waals surface area contributed by atoms with Crippen LogP contribution in [0, 0.1) is 10.1 Å². The molecule has 1 aliphatic rings. The van der Waals surface area contributed by atoms with Crippen molar-refractivity contribution >= 4 is 45.2 Å². The lowest BCUT2D eigenvalue weighted by molar-refractivity contribution is -0.384. The number of nitro groups is 1. The molecule has 0 aliphatic carbocycles. The summed E-state index contributed by atoms with van der Waals surface area (Å²) in [6.45, 7) is 1.03. The number of nitrogens with zero attached hydrogens (tertiary/aromatic N) is 2. The highest BCUT2D eigenvalue weighted by Crippen LogP contribution is 2.31. The fourth-order valence-electron chi connectivity index (χ4n) is 3.07. The second-order valence-electron chi connectivity index (χ2n) is 6.65. The Kier molecular flexibility index (Phi) is 5.74. The van der Waals surface area contributed by atoms with Gasteiger partial charge in [-0.25, -0.2) is 4.79 Å². The third-order valence-electron chi connectivity index (χ3n) is 4.65. The van der Waals surface area contributed by atoms with Gasteiger partial charge in [0.05, 0.1) is 23.8 Å². The molecule has 30 heavy (non-hydrogen) atoms. The Morgan fingerprint density at radius 2 is 2.03 bits per heavy atom. The SMILES string of the molecule is COc1cc([N+](=O)[O-])ccc1NC(=O)CN1C(=O)NC(C)(c2cccc(Br)c2)C1=O. The van der Waals surface area contributed by atoms with E-state index in [2.05, 4.69) is 26.6 Å². The molecule has 0 aromatic heterocycles. The normalized spacial score (nSPS) is 18.2. The number of carbonyl (C=O) groups is 3. The molecule has 1 atom stereocenters. The molecule has 3 rings (SSSR count). The minimum absolute atomic E-state index is 0.0775. The first-order valence-corrected chi connectivity index (χ1v) is 9.47. The van der Waals surface area contributed by atoms with E-state index in [1.165, 1.54) is 19.2 Å². The van der Waals surface area contributed by atoms with Crippen LogP contribution in [-0.4, -0.2) is 41.3 Å². The van der Waals surface area contributed by atoms with Crippen LogP contribution in [0.3, 0.4) is 0 Å². The number of benzene rings is 2. The molecule has 1 fully saturated rings. The monoisotopic (exact) mass is 476 g/mol. The number of anilines is 1. The summed E-state index contributed by atoms with van der Waals surface area (Å²) in [5, 5.41) is 16.0. The second-order valence-corrected chi connectivity index (χ2v) is 7.56. The number of urea groups is 1. The van der Waals surface area contributed by atoms with Crippen LogP contribution in [0.25, 0.3) is 0 Å². The molecule has 0 spiro atoms. The van der Waals surface area contributed by atoms with E-state index in [1.807, 2.05) is 0 Å². The van der Waals surface area contributed by atoms with Gasteiger partial charge < -0.3 is 15.4 Å². The van der Waals surface area contributed by atoms with Crippen LogP contribution >= 0.6 is 15.9 Å². The first-order chi connectivity index (χ1) is 14.2. The maximum atomic E-state index is 12.9. The smallest absolute Gasteiger partial charge is 0.325 e. The summed E-state index contributed by atoms with van der Waals surface area (Å²) >= 11 is 3.33. The molecule has 4 amide bonds. The Balaban J connectivity index is 1.77. The van der Waals surface area contributed by atoms with Crippen molar-refractivity contribution in [1.82, 2.24) is 10.2 Å². The van der Waals surface area contributed by atoms with Crippen molar-refractivity contribution in [3.8, 4) is 5.75 Å². The highest BCUT2D eigenvalue weighted by Gasteiger charge is 2.49. The van der Waals surface area contributed by atoms with E-state index < -0.39 is 34.9 Å². The van der Waals surface area contributed by atoms with Crippen LogP contribution in [0.2, 0.25) is 0 Å². The standard InChI is InChI=1S/C19H17BrN4O6/c1-19(11-4-3-5-12(20)8-11)17(26)23(18(27)22-19)10-16(25)21-14-7-6-13(24(28)29)9-15(14)30-2/h3-9H,10H2,1-2H3,(H,21,25)(H,22,27). The summed E-state index contributed by atoms with van der Waals surface area (Å²) in [7, 11) is 1.30. The number of nitro benzene ring substituents is 1. The molecule has 2 N–H and O–H groups in total. The van der Waals surface area contributed by atoms with Crippen molar-refractivity contribution in [2.24, 2.45) is 0 Å². The number of ether oxygens (including phenoxy) is 1. The van der Waals surface area contributed by atoms with Crippen LogP contribution in [-0.2, 0) is 15.1 Å². The molecular weight excluding hydrogens is 460 g/mol. The van der Waals surface area contributed by atoms with E-state index in [4.69, 9.17) is 4.74 Å². The zero-order chi connectivity index (χ0) is 22.1. The summed E-state index contributed by atoms with van der Waals surface area (Å²) in [6.07, 6.45) is 0. The zero-order valence-electron chi connectivity index (χ0n) is 16.0. The molecule has 0 bridgehead atoms. The second kappa shape index (κ2) is 8.11. The van der Waals surface area contributed by atoms with Crippen molar-refractivity contribution in [2.75, 3.05) is 19.0 Å². The maximum absolute atomic E-state index is 12.9. The van der Waals surface area contributed by atoms with E-state index >= 15 is 0 Å². The summed E-state index contributed by atoms with van der Waals surface area (Å²) in [6, 6.07) is 9.92. The number of imide groups is 1. The Bertz CT molecular complexity index is 1060. The molecule has 10 nitrogen and oxygen atoms in total. The summed E-state index contributed by atoms with van der Waals surface area (Å²) in [5.74, 6) is -1.16. The van der Waals surface area contributed by atoms with Crippen LogP contribution in [0.4, 0.5) is 16.2 Å². The summed E-state index contributed by atoms with van der Waals surface area (Å²) < 4.78 is 5.81. The Labute approximate surface area is 179 Å². The number of carbonyl (C=O) groups excluding carboxylic acids is 3. The topological polar surface area (TPSA) is 131 Å². The minimum atomic E-state index is -1.31. The lowest BCUT2D eigenvalue weighted by Gasteiger charge is -2.22. The third-order valence-corrected chi connectivity index (χ3v) is 5.14. The van der Waals surface area contributed by atoms with Crippen LogP contribution in [0.1, 0.15) is 12.5 Å². The van der Waals surface area contributed by atoms with Gasteiger partial charge in [-0.15, -0.1) is 0 Å². The lowest BCUT2D eigenvalue weighted by Crippen LogP contribution is -2.42. The van der Waals surface area contributed by atoms with Gasteiger partial charge in [0.2, 0.25) is 5.91 Å². The number of nitrogens with one attached hydrogen (secondary N) is 2. The van der Waals surface area contributed by atoms with Gasteiger partial charge in [-0.1, -0.05) is 28.1 Å². The zero-order valence-corrected chi connectivity index (χ0v) is 17.6. The molecule has 0 radical (unpaired) electrons. The van der Waals surface area contributed by atoms with Crippen LogP contribution in [0.15, 0.2) is 46.9 Å². The van der Waals surface area contributed by atoms with Crippen molar-refractivity contribution < 1.29 is 24.0 Å². The van der Waals surface area contributed by atoms with Gasteiger partial charge in [0, 0.05) is 10.5 Å². The van der Waals surface area contributed by atoms with Gasteiger partial charge in [-0.2, -0.15) is 0 Å². The number of amides is 4. The van der Waals surface area contributed by atoms with Crippen molar-refractivity contribution in [2.45, 2.75) is 12.5 Å². The lowest BCUT2D eigenvalue weighted by atomic mass is 9.92. The largest absolute Gasteiger partial charge is 0.494 e. The fraction of sp³-hybridized carbons (Fsp3) is 0.211. The minimum Gasteiger partial charge on any atom is -0.494 e. The maximum Gasteiger partial charge on any atom is 0.325 e. The highest BCUT2D eigenvalue weighted by molar-refractivity contribution is 9.10. The van der Waals surface area contributed by atoms with Crippen LogP contribution in [0.5, 0.6) is 5.75 Å². The first kappa shape index (κ1) is 21.2. The van der Waals surface area contributed by atoms with Crippen molar-refractivity contribution in [3.05, 3.63) is 62.6 Å². The van der Waals surface area contributed by atoms with Gasteiger partial charge in [-0.05, 0) is 30.7 Å². The summed E-state index contributed by atoms with van der Waals surface area (Å²) in [4.78, 5) is 48.9. The molecule has 1 aliphatic heterocycles. The Morgan fingerprint density at radius 1 is 1.30 bits per heavy atom. The molecule has 2 aromatic carbocycles. The number of methoxy groups -OCH3 is 1. The van der Waals surface area contributed by atoms with Crippen molar-refractivity contribution in [1.29, 1.82) is 0 Å². The van der Waals surface area contributed by atoms with Crippen molar-refractivity contribution in [3.63, 3.8) is 0 Å². The van der Waals surface area contributed by atoms with E-state index in [0.29, 0.717) is 5.56 Å². The fourth-order valence-corrected chi connectivity index (χ4v) is 3.47. The first-order valence-electron chi connectivity index (χ1n) is 8.68. The molecular formula is C19H17BrN4O6. The Hall–Kier alpha value is -3.47. The number of hydrogen-bond acceptors (Lipinski definition) is 6. The molecule has 1 unspecified atom stereocenters. The average Bonchev–Trinajstić information content (AvgIpc) is 2.92. The van der Waals surface area contributed by atoms with Crippen LogP contribution < -0.4 is 15.4 Å². The van der Waals surface area contributed by atoms with E-state index in [0.717, 1.165) is 15.4 Å². The predicted octanol–water partition coefficient (Wildman–Crippen LogP) is 2.77. The van der Waals surface area contributed by atoms with Gasteiger partial charge in [-0.3, -0.25) is 24.6 Å². The number of hydrogen-bond donors (Lipinski definition) is 2. The number of rotatable bonds is 6. The van der Waals surface area contributed by atoms with E-state index in [-0.39, 0.29) is 17.1 Å². The molecule has 156 valence electrons. The third kappa shape index (κ3) is 3.96. The van der Waals surface area contributed by atoms with E-state index in [1.54, 1.807) is 31.2 Å². The average molecular weight is 477 g/mol. The predicted molar refractivity (Wildman–Crippen MR) is 110 cm³/mol. The molecule has 11 heteroatoms. The molecule has 0 saturated carbocycles. The Morgan fingerprint density at radius 3 is 2.67 bits per heavy atom. The van der Waals surface area contributed by atoms with Gasteiger partial charge in [0.1, 0.15) is 17.8 Å².